The van der Waals surface area contributed by atoms with Gasteiger partial charge in [-0.25, -0.2) is 0 Å². The molecule has 0 rings (SSSR count). The van der Waals surface area contributed by atoms with Crippen LogP contribution in [0, 0.1) is 0 Å². The van der Waals surface area contributed by atoms with Crippen molar-refractivity contribution in [3.05, 3.63) is 0 Å². The van der Waals surface area contributed by atoms with E-state index in [1.165, 1.54) is 0 Å². The first-order chi connectivity index (χ1) is 11.7. The summed E-state index contributed by atoms with van der Waals surface area (Å²) in [7, 11) is -4.01. The fourth-order valence-electron chi connectivity index (χ4n) is 1.99. The van der Waals surface area contributed by atoms with E-state index in [0.717, 1.165) is 40.2 Å². The van der Waals surface area contributed by atoms with E-state index in [2.05, 4.69) is 20.2 Å². The second kappa shape index (κ2) is 14.1. The number of unbranched alkanes of at least 4 members (excludes halogenated alkanes) is 1. The zero-order chi connectivity index (χ0) is 20.0. The minimum atomic E-state index is -4.56. The molecule has 0 aliphatic rings. The van der Waals surface area contributed by atoms with Gasteiger partial charge in [0.1, 0.15) is 0 Å². The molecule has 0 fully saturated rings. The molecule has 0 aromatic carbocycles. The Labute approximate surface area is 151 Å². The molecule has 0 aliphatic carbocycles. The lowest BCUT2D eigenvalue weighted by Crippen LogP contribution is -2.56. The van der Waals surface area contributed by atoms with Crippen molar-refractivity contribution in [2.45, 2.75) is 52.4 Å². The first-order valence-electron chi connectivity index (χ1n) is 8.31. The molecule has 0 aliphatic heterocycles. The van der Waals surface area contributed by atoms with Gasteiger partial charge in [0.15, 0.2) is 0 Å². The Kier molecular flexibility index (Phi) is 15.3. The van der Waals surface area contributed by atoms with Crippen molar-refractivity contribution < 1.29 is 39.7 Å². The fraction of sp³-hybridized carbons (Fsp3) is 1.00. The molecule has 0 atom stereocenters. The van der Waals surface area contributed by atoms with Gasteiger partial charge in [0.25, 0.3) is 0 Å². The predicted octanol–water partition coefficient (Wildman–Crippen LogP) is 3.80. The summed E-state index contributed by atoms with van der Waals surface area (Å²) in [5.74, 6) is -4.56. The van der Waals surface area contributed by atoms with Crippen molar-refractivity contribution in [1.82, 2.24) is 0 Å². The van der Waals surface area contributed by atoms with Crippen LogP contribution in [0.3, 0.4) is 0 Å². The maximum Gasteiger partial charge on any atom is 0.615 e. The van der Waals surface area contributed by atoms with Gasteiger partial charge >= 0.3 is 23.4 Å². The van der Waals surface area contributed by atoms with E-state index in [-0.39, 0.29) is 0 Å². The molecule has 0 aromatic heterocycles. The summed E-state index contributed by atoms with van der Waals surface area (Å²) in [5.41, 5.74) is 0. The summed E-state index contributed by atoms with van der Waals surface area (Å²) in [6, 6.07) is 0.943. The molecule has 11 heteroatoms. The van der Waals surface area contributed by atoms with Gasteiger partial charge in [-0.2, -0.15) is 13.2 Å². The molecule has 0 bridgehead atoms. The molecule has 0 radical (unpaired) electrons. The van der Waals surface area contributed by atoms with E-state index in [4.69, 9.17) is 13.3 Å². The SMILES string of the molecule is CCCC[Si](OCC)(OCC)OCC.CO[Si](OC)(OC)C(F)(F)F. The molecular weight excluding hydrogens is 377 g/mol. The standard InChI is InChI=1S/C10H24O3Si.C4H9F3O3Si/c1-5-9-10-14(11-6-2,12-7-3)13-8-4;1-8-11(9-2,10-3)4(5,6)7/h5-10H2,1-4H3;1-3H3. The number of hydrogen-bond donors (Lipinski definition) is 0. The molecule has 25 heavy (non-hydrogen) atoms. The lowest BCUT2D eigenvalue weighted by Gasteiger charge is -2.28. The summed E-state index contributed by atoms with van der Waals surface area (Å²) in [6.45, 7) is 10.2. The lowest BCUT2D eigenvalue weighted by molar-refractivity contribution is -0.122. The Hall–Kier alpha value is -0.0162. The highest BCUT2D eigenvalue weighted by molar-refractivity contribution is 6.62. The van der Waals surface area contributed by atoms with Crippen LogP contribution in [0.2, 0.25) is 6.04 Å². The average Bonchev–Trinajstić information content (AvgIpc) is 2.55. The van der Waals surface area contributed by atoms with E-state index in [9.17, 15) is 13.2 Å². The van der Waals surface area contributed by atoms with Gasteiger partial charge in [-0.1, -0.05) is 13.3 Å². The van der Waals surface area contributed by atoms with Gasteiger partial charge in [-0.05, 0) is 27.2 Å². The van der Waals surface area contributed by atoms with Crippen molar-refractivity contribution in [2.75, 3.05) is 41.2 Å². The molecule has 0 heterocycles. The second-order valence-corrected chi connectivity index (χ2v) is 10.4. The molecule has 0 unspecified atom stereocenters. The summed E-state index contributed by atoms with van der Waals surface area (Å²) >= 11 is 0. The number of halogens is 3. The van der Waals surface area contributed by atoms with E-state index in [1.807, 2.05) is 20.8 Å². The van der Waals surface area contributed by atoms with Gasteiger partial charge in [0.05, 0.1) is 0 Å². The van der Waals surface area contributed by atoms with Gasteiger partial charge < -0.3 is 26.6 Å². The number of alkyl halides is 3. The first-order valence-corrected chi connectivity index (χ1v) is 12.0. The van der Waals surface area contributed by atoms with Gasteiger partial charge in [0, 0.05) is 47.2 Å². The Morgan fingerprint density at radius 3 is 1.24 bits per heavy atom. The molecule has 0 saturated carbocycles. The summed E-state index contributed by atoms with van der Waals surface area (Å²) in [4.78, 5) is 0. The minimum Gasteiger partial charge on any atom is -0.374 e. The Morgan fingerprint density at radius 1 is 0.720 bits per heavy atom. The third kappa shape index (κ3) is 9.47. The first kappa shape index (κ1) is 27.2. The molecule has 0 spiro atoms. The molecular formula is C14H33F3O6Si2. The maximum absolute atomic E-state index is 12.1. The van der Waals surface area contributed by atoms with E-state index in [1.54, 1.807) is 0 Å². The molecule has 0 N–H and O–H groups in total. The molecule has 6 nitrogen and oxygen atoms in total. The zero-order valence-electron chi connectivity index (χ0n) is 16.3. The lowest BCUT2D eigenvalue weighted by atomic mass is 10.4. The molecule has 154 valence electrons. The highest BCUT2D eigenvalue weighted by Gasteiger charge is 2.65. The van der Waals surface area contributed by atoms with E-state index >= 15 is 0 Å². The number of rotatable bonds is 12. The fourth-order valence-corrected chi connectivity index (χ4v) is 5.98. The summed E-state index contributed by atoms with van der Waals surface area (Å²) < 4.78 is 65.8. The second-order valence-electron chi connectivity index (χ2n) is 4.75. The van der Waals surface area contributed by atoms with Crippen LogP contribution >= 0.6 is 0 Å². The minimum absolute atomic E-state index is 0.677. The van der Waals surface area contributed by atoms with Crippen molar-refractivity contribution >= 4 is 17.6 Å². The van der Waals surface area contributed by atoms with E-state index < -0.39 is 23.4 Å². The predicted molar refractivity (Wildman–Crippen MR) is 93.2 cm³/mol. The Balaban J connectivity index is 0. The van der Waals surface area contributed by atoms with Crippen LogP contribution < -0.4 is 0 Å². The zero-order valence-corrected chi connectivity index (χ0v) is 18.3. The van der Waals surface area contributed by atoms with Crippen LogP contribution in [0.25, 0.3) is 0 Å². The highest BCUT2D eigenvalue weighted by Crippen LogP contribution is 2.29. The third-order valence-corrected chi connectivity index (χ3v) is 8.54. The van der Waals surface area contributed by atoms with Crippen LogP contribution in [0.5, 0.6) is 0 Å². The molecule has 0 saturated heterocycles. The van der Waals surface area contributed by atoms with Gasteiger partial charge in [0.2, 0.25) is 0 Å². The van der Waals surface area contributed by atoms with E-state index in [0.29, 0.717) is 19.8 Å². The molecule has 0 amide bonds. The monoisotopic (exact) mass is 410 g/mol. The number of hydrogen-bond acceptors (Lipinski definition) is 6. The summed E-state index contributed by atoms with van der Waals surface area (Å²) in [5, 5.41) is 0. The Bertz CT molecular complexity index is 292. The van der Waals surface area contributed by atoms with Crippen LogP contribution in [0.4, 0.5) is 13.2 Å². The topological polar surface area (TPSA) is 55.4 Å². The normalized spacial score (nSPS) is 12.7. The van der Waals surface area contributed by atoms with Crippen molar-refractivity contribution in [2.24, 2.45) is 0 Å². The van der Waals surface area contributed by atoms with Crippen molar-refractivity contribution in [1.29, 1.82) is 0 Å². The van der Waals surface area contributed by atoms with Crippen LogP contribution in [0.1, 0.15) is 40.5 Å². The van der Waals surface area contributed by atoms with Crippen LogP contribution in [-0.4, -0.2) is 64.6 Å². The molecule has 0 aromatic rings. The Morgan fingerprint density at radius 2 is 1.08 bits per heavy atom. The van der Waals surface area contributed by atoms with Gasteiger partial charge in [-0.3, -0.25) is 0 Å². The highest BCUT2D eigenvalue weighted by atomic mass is 28.4. The smallest absolute Gasteiger partial charge is 0.374 e. The quantitative estimate of drug-likeness (QED) is 0.456. The largest absolute Gasteiger partial charge is 0.615 e. The van der Waals surface area contributed by atoms with Crippen LogP contribution in [-0.2, 0) is 26.6 Å². The van der Waals surface area contributed by atoms with Crippen molar-refractivity contribution in [3.8, 4) is 0 Å². The third-order valence-electron chi connectivity index (χ3n) is 3.08. The van der Waals surface area contributed by atoms with Crippen molar-refractivity contribution in [3.63, 3.8) is 0 Å². The summed E-state index contributed by atoms with van der Waals surface area (Å²) in [6.07, 6.45) is 2.27. The van der Waals surface area contributed by atoms with Gasteiger partial charge in [-0.15, -0.1) is 0 Å². The maximum atomic E-state index is 12.1. The average molecular weight is 411 g/mol. The van der Waals surface area contributed by atoms with Crippen LogP contribution in [0.15, 0.2) is 0 Å².